The number of hydrogen-bond donors (Lipinski definition) is 1. The fourth-order valence-electron chi connectivity index (χ4n) is 4.16. The van der Waals surface area contributed by atoms with Gasteiger partial charge in [-0.2, -0.15) is 0 Å². The van der Waals surface area contributed by atoms with Crippen LogP contribution in [0.2, 0.25) is 0 Å². The maximum absolute atomic E-state index is 13.1. The molecule has 0 saturated carbocycles. The van der Waals surface area contributed by atoms with Gasteiger partial charge < -0.3 is 19.5 Å². The first-order valence-electron chi connectivity index (χ1n) is 9.91. The second kappa shape index (κ2) is 7.49. The zero-order valence-electron chi connectivity index (χ0n) is 16.2. The van der Waals surface area contributed by atoms with Crippen molar-refractivity contribution >= 4 is 17.5 Å². The Kier molecular flexibility index (Phi) is 4.66. The van der Waals surface area contributed by atoms with Crippen LogP contribution in [0.1, 0.15) is 18.7 Å². The Labute approximate surface area is 172 Å². The molecule has 2 aliphatic rings. The predicted octanol–water partition coefficient (Wildman–Crippen LogP) is 2.35. The van der Waals surface area contributed by atoms with Gasteiger partial charge in [0.15, 0.2) is 11.9 Å². The fourth-order valence-corrected chi connectivity index (χ4v) is 4.16. The molecule has 0 radical (unpaired) electrons. The number of carbonyl (C=O) groups is 1. The van der Waals surface area contributed by atoms with Gasteiger partial charge in [-0.3, -0.25) is 4.79 Å². The van der Waals surface area contributed by atoms with E-state index in [0.29, 0.717) is 38.4 Å². The van der Waals surface area contributed by atoms with Crippen molar-refractivity contribution in [1.82, 2.24) is 19.5 Å². The number of piperidine rings is 1. The standard InChI is InChI=1S/C21H21FN6O2/c22-15-12-24-20(25-13-15)27-9-6-21(7-10-27)19-23-8-11-28(19)14-17(30-21)18(29)26-16-4-2-1-3-5-16/h1-5,8,11-13,17H,6-7,9-10,14H2,(H,26,29). The molecule has 1 atom stereocenters. The minimum Gasteiger partial charge on any atom is -0.352 e. The smallest absolute Gasteiger partial charge is 0.255 e. The Morgan fingerprint density at radius 2 is 1.87 bits per heavy atom. The molecule has 1 amide bonds. The number of fused-ring (bicyclic) bond motifs is 2. The predicted molar refractivity (Wildman–Crippen MR) is 107 cm³/mol. The molecule has 1 fully saturated rings. The van der Waals surface area contributed by atoms with E-state index in [4.69, 9.17) is 4.74 Å². The number of aromatic nitrogens is 4. The maximum Gasteiger partial charge on any atom is 0.255 e. The molecule has 30 heavy (non-hydrogen) atoms. The summed E-state index contributed by atoms with van der Waals surface area (Å²) in [5.41, 5.74) is 0.0802. The van der Waals surface area contributed by atoms with Gasteiger partial charge in [0.05, 0.1) is 18.9 Å². The van der Waals surface area contributed by atoms with Crippen LogP contribution in [0.25, 0.3) is 0 Å². The molecule has 1 saturated heterocycles. The Balaban J connectivity index is 1.34. The molecule has 4 heterocycles. The first-order chi connectivity index (χ1) is 14.6. The summed E-state index contributed by atoms with van der Waals surface area (Å²) in [6.07, 6.45) is 6.59. The van der Waals surface area contributed by atoms with Gasteiger partial charge in [-0.15, -0.1) is 0 Å². The van der Waals surface area contributed by atoms with Crippen molar-refractivity contribution in [3.8, 4) is 0 Å². The number of carbonyl (C=O) groups excluding carboxylic acids is 1. The van der Waals surface area contributed by atoms with Crippen LogP contribution in [0, 0.1) is 5.82 Å². The number of imidazole rings is 1. The monoisotopic (exact) mass is 408 g/mol. The highest BCUT2D eigenvalue weighted by atomic mass is 19.1. The lowest BCUT2D eigenvalue weighted by Gasteiger charge is -2.45. The zero-order valence-corrected chi connectivity index (χ0v) is 16.2. The summed E-state index contributed by atoms with van der Waals surface area (Å²) in [6.45, 7) is 1.65. The third-order valence-corrected chi connectivity index (χ3v) is 5.65. The number of anilines is 2. The highest BCUT2D eigenvalue weighted by Gasteiger charge is 2.47. The molecule has 0 bridgehead atoms. The molecule has 1 N–H and O–H groups in total. The molecule has 0 aliphatic carbocycles. The minimum absolute atomic E-state index is 0.177. The molecule has 3 aromatic rings. The van der Waals surface area contributed by atoms with Crippen LogP contribution < -0.4 is 10.2 Å². The summed E-state index contributed by atoms with van der Waals surface area (Å²) >= 11 is 0. The van der Waals surface area contributed by atoms with Crippen LogP contribution >= 0.6 is 0 Å². The van der Waals surface area contributed by atoms with Crippen LogP contribution in [0.15, 0.2) is 55.1 Å². The molecule has 1 spiro atoms. The third-order valence-electron chi connectivity index (χ3n) is 5.65. The second-order valence-electron chi connectivity index (χ2n) is 7.55. The second-order valence-corrected chi connectivity index (χ2v) is 7.55. The lowest BCUT2D eigenvalue weighted by atomic mass is 9.88. The van der Waals surface area contributed by atoms with Gasteiger partial charge in [0.25, 0.3) is 5.91 Å². The fraction of sp³-hybridized carbons (Fsp3) is 0.333. The lowest BCUT2D eigenvalue weighted by Crippen LogP contribution is -2.53. The summed E-state index contributed by atoms with van der Waals surface area (Å²) in [7, 11) is 0. The zero-order chi connectivity index (χ0) is 20.6. The summed E-state index contributed by atoms with van der Waals surface area (Å²) in [6, 6.07) is 9.35. The number of nitrogens with zero attached hydrogens (tertiary/aromatic N) is 5. The number of para-hydroxylation sites is 1. The van der Waals surface area contributed by atoms with Crippen molar-refractivity contribution in [2.24, 2.45) is 0 Å². The molecule has 2 aliphatic heterocycles. The van der Waals surface area contributed by atoms with Crippen molar-refractivity contribution in [3.05, 3.63) is 66.8 Å². The Hall–Kier alpha value is -3.33. The normalized spacial score (nSPS) is 20.0. The summed E-state index contributed by atoms with van der Waals surface area (Å²) in [5.74, 6) is 0.691. The molecule has 154 valence electrons. The first kappa shape index (κ1) is 18.7. The van der Waals surface area contributed by atoms with Crippen molar-refractivity contribution in [3.63, 3.8) is 0 Å². The highest BCUT2D eigenvalue weighted by molar-refractivity contribution is 5.94. The topological polar surface area (TPSA) is 85.2 Å². The molecule has 1 aromatic carbocycles. The van der Waals surface area contributed by atoms with Crippen LogP contribution in [-0.4, -0.2) is 44.6 Å². The first-order valence-corrected chi connectivity index (χ1v) is 9.91. The van der Waals surface area contributed by atoms with E-state index < -0.39 is 17.5 Å². The van der Waals surface area contributed by atoms with Crippen molar-refractivity contribution in [2.45, 2.75) is 31.1 Å². The van der Waals surface area contributed by atoms with Crippen LogP contribution in [-0.2, 0) is 21.7 Å². The molecule has 5 rings (SSSR count). The Bertz CT molecular complexity index is 1030. The molecule has 9 heteroatoms. The van der Waals surface area contributed by atoms with Crippen LogP contribution in [0.4, 0.5) is 16.0 Å². The van der Waals surface area contributed by atoms with Gasteiger partial charge in [0.2, 0.25) is 5.95 Å². The van der Waals surface area contributed by atoms with E-state index in [-0.39, 0.29) is 5.91 Å². The molecular formula is C21H21FN6O2. The quantitative estimate of drug-likeness (QED) is 0.716. The average molecular weight is 408 g/mol. The number of halogens is 1. The Morgan fingerprint density at radius 1 is 1.13 bits per heavy atom. The SMILES string of the molecule is O=C(Nc1ccccc1)C1Cn2ccnc2C2(CCN(c3ncc(F)cn3)CC2)O1. The van der Waals surface area contributed by atoms with Gasteiger partial charge in [0.1, 0.15) is 11.4 Å². The van der Waals surface area contributed by atoms with E-state index in [1.54, 1.807) is 6.20 Å². The van der Waals surface area contributed by atoms with E-state index in [2.05, 4.69) is 20.3 Å². The number of benzene rings is 1. The minimum atomic E-state index is -0.656. The third kappa shape index (κ3) is 3.41. The summed E-state index contributed by atoms with van der Waals surface area (Å²) in [5, 5.41) is 2.93. The number of amides is 1. The maximum atomic E-state index is 13.1. The Morgan fingerprint density at radius 3 is 2.60 bits per heavy atom. The van der Waals surface area contributed by atoms with Gasteiger partial charge >= 0.3 is 0 Å². The van der Waals surface area contributed by atoms with E-state index in [1.807, 2.05) is 46.0 Å². The summed E-state index contributed by atoms with van der Waals surface area (Å²) < 4.78 is 21.5. The molecule has 1 unspecified atom stereocenters. The van der Waals surface area contributed by atoms with Gasteiger partial charge in [-0.1, -0.05) is 18.2 Å². The van der Waals surface area contributed by atoms with Gasteiger partial charge in [0, 0.05) is 44.0 Å². The number of rotatable bonds is 3. The lowest BCUT2D eigenvalue weighted by molar-refractivity contribution is -0.162. The molecule has 2 aromatic heterocycles. The van der Waals surface area contributed by atoms with Crippen molar-refractivity contribution in [1.29, 1.82) is 0 Å². The number of ether oxygens (including phenoxy) is 1. The summed E-state index contributed by atoms with van der Waals surface area (Å²) in [4.78, 5) is 27.6. The van der Waals surface area contributed by atoms with Crippen molar-refractivity contribution in [2.75, 3.05) is 23.3 Å². The molecule has 8 nitrogen and oxygen atoms in total. The van der Waals surface area contributed by atoms with Crippen LogP contribution in [0.3, 0.4) is 0 Å². The van der Waals surface area contributed by atoms with Crippen LogP contribution in [0.5, 0.6) is 0 Å². The number of nitrogens with one attached hydrogen (secondary N) is 1. The number of hydrogen-bond acceptors (Lipinski definition) is 6. The molecular weight excluding hydrogens is 387 g/mol. The van der Waals surface area contributed by atoms with E-state index >= 15 is 0 Å². The van der Waals surface area contributed by atoms with E-state index in [9.17, 15) is 9.18 Å². The largest absolute Gasteiger partial charge is 0.352 e. The highest BCUT2D eigenvalue weighted by Crippen LogP contribution is 2.40. The van der Waals surface area contributed by atoms with Crippen molar-refractivity contribution < 1.29 is 13.9 Å². The van der Waals surface area contributed by atoms with E-state index in [1.165, 1.54) is 12.4 Å². The van der Waals surface area contributed by atoms with Gasteiger partial charge in [-0.25, -0.2) is 19.3 Å². The average Bonchev–Trinajstić information content (AvgIpc) is 3.26. The van der Waals surface area contributed by atoms with E-state index in [0.717, 1.165) is 11.5 Å². The van der Waals surface area contributed by atoms with Gasteiger partial charge in [-0.05, 0) is 12.1 Å².